The number of hydrogen-bond donors (Lipinski definition) is 1. The standard InChI is InChI=1S/C13H18O4/c1-4-16-13(15)10(3)17-12-7-5-11(6-8-12)9(2)14/h5-10,14H,4H2,1-3H3/t9-,10?/m0/s1. The first-order valence-electron chi connectivity index (χ1n) is 5.66. The van der Waals surface area contributed by atoms with E-state index in [1.807, 2.05) is 0 Å². The van der Waals surface area contributed by atoms with Crippen LogP contribution in [0.4, 0.5) is 0 Å². The molecule has 4 heteroatoms. The van der Waals surface area contributed by atoms with Crippen LogP contribution in [0.2, 0.25) is 0 Å². The summed E-state index contributed by atoms with van der Waals surface area (Å²) in [5.41, 5.74) is 0.807. The van der Waals surface area contributed by atoms with Crippen molar-refractivity contribution in [2.75, 3.05) is 6.61 Å². The van der Waals surface area contributed by atoms with Crippen molar-refractivity contribution in [1.29, 1.82) is 0 Å². The molecule has 1 N–H and O–H groups in total. The van der Waals surface area contributed by atoms with E-state index in [9.17, 15) is 9.90 Å². The van der Waals surface area contributed by atoms with Gasteiger partial charge in [0.15, 0.2) is 6.10 Å². The molecule has 0 aliphatic rings. The van der Waals surface area contributed by atoms with Crippen molar-refractivity contribution in [3.05, 3.63) is 29.8 Å². The molecular formula is C13H18O4. The van der Waals surface area contributed by atoms with Gasteiger partial charge < -0.3 is 14.6 Å². The average molecular weight is 238 g/mol. The molecule has 0 aliphatic carbocycles. The van der Waals surface area contributed by atoms with E-state index in [4.69, 9.17) is 9.47 Å². The molecule has 1 aromatic carbocycles. The lowest BCUT2D eigenvalue weighted by Gasteiger charge is -2.13. The van der Waals surface area contributed by atoms with Gasteiger partial charge in [-0.15, -0.1) is 0 Å². The Kier molecular flexibility index (Phi) is 4.97. The average Bonchev–Trinajstić information content (AvgIpc) is 2.30. The molecule has 94 valence electrons. The second-order valence-electron chi connectivity index (χ2n) is 3.76. The van der Waals surface area contributed by atoms with Gasteiger partial charge >= 0.3 is 5.97 Å². The largest absolute Gasteiger partial charge is 0.479 e. The summed E-state index contributed by atoms with van der Waals surface area (Å²) in [5.74, 6) is 0.196. The fraction of sp³-hybridized carbons (Fsp3) is 0.462. The highest BCUT2D eigenvalue weighted by Gasteiger charge is 2.15. The molecule has 0 aliphatic heterocycles. The summed E-state index contributed by atoms with van der Waals surface area (Å²) >= 11 is 0. The molecule has 1 unspecified atom stereocenters. The molecule has 2 atom stereocenters. The van der Waals surface area contributed by atoms with Crippen LogP contribution in [0.1, 0.15) is 32.4 Å². The van der Waals surface area contributed by atoms with E-state index >= 15 is 0 Å². The summed E-state index contributed by atoms with van der Waals surface area (Å²) in [6, 6.07) is 6.96. The number of aliphatic hydroxyl groups is 1. The maximum atomic E-state index is 11.3. The SMILES string of the molecule is CCOC(=O)C(C)Oc1ccc([C@H](C)O)cc1. The third kappa shape index (κ3) is 4.07. The van der Waals surface area contributed by atoms with Crippen LogP contribution in [0.25, 0.3) is 0 Å². The number of carbonyl (C=O) groups excluding carboxylic acids is 1. The zero-order chi connectivity index (χ0) is 12.8. The van der Waals surface area contributed by atoms with E-state index in [1.165, 1.54) is 0 Å². The summed E-state index contributed by atoms with van der Waals surface area (Å²) in [6.07, 6.45) is -1.14. The van der Waals surface area contributed by atoms with Gasteiger partial charge in [-0.2, -0.15) is 0 Å². The summed E-state index contributed by atoms with van der Waals surface area (Å²) in [5, 5.41) is 9.34. The Bertz CT molecular complexity index is 356. The highest BCUT2D eigenvalue weighted by atomic mass is 16.6. The van der Waals surface area contributed by atoms with Crippen LogP contribution in [-0.2, 0) is 9.53 Å². The molecule has 0 saturated heterocycles. The molecule has 1 aromatic rings. The Labute approximate surface area is 101 Å². The molecule has 0 bridgehead atoms. The lowest BCUT2D eigenvalue weighted by Crippen LogP contribution is -2.26. The number of aliphatic hydroxyl groups excluding tert-OH is 1. The van der Waals surface area contributed by atoms with Crippen LogP contribution in [0.5, 0.6) is 5.75 Å². The Balaban J connectivity index is 2.60. The van der Waals surface area contributed by atoms with Gasteiger partial charge in [0.25, 0.3) is 0 Å². The van der Waals surface area contributed by atoms with Gasteiger partial charge in [-0.05, 0) is 38.5 Å². The molecule has 4 nitrogen and oxygen atoms in total. The molecule has 0 aromatic heterocycles. The summed E-state index contributed by atoms with van der Waals surface area (Å²) < 4.78 is 10.2. The zero-order valence-corrected chi connectivity index (χ0v) is 10.3. The number of carbonyl (C=O) groups is 1. The van der Waals surface area contributed by atoms with Gasteiger partial charge in [0.2, 0.25) is 0 Å². The minimum absolute atomic E-state index is 0.341. The summed E-state index contributed by atoms with van der Waals surface area (Å²) in [4.78, 5) is 11.3. The Morgan fingerprint density at radius 2 is 1.88 bits per heavy atom. The number of ether oxygens (including phenoxy) is 2. The predicted octanol–water partition coefficient (Wildman–Crippen LogP) is 2.07. The second kappa shape index (κ2) is 6.25. The van der Waals surface area contributed by atoms with E-state index in [2.05, 4.69) is 0 Å². The van der Waals surface area contributed by atoms with Gasteiger partial charge in [0.05, 0.1) is 12.7 Å². The number of rotatable bonds is 5. The quantitative estimate of drug-likeness (QED) is 0.798. The van der Waals surface area contributed by atoms with E-state index in [0.29, 0.717) is 12.4 Å². The first-order valence-corrected chi connectivity index (χ1v) is 5.66. The molecule has 0 fully saturated rings. The highest BCUT2D eigenvalue weighted by Crippen LogP contribution is 2.18. The van der Waals surface area contributed by atoms with Gasteiger partial charge in [-0.3, -0.25) is 0 Å². The second-order valence-corrected chi connectivity index (χ2v) is 3.76. The van der Waals surface area contributed by atoms with Gasteiger partial charge in [0, 0.05) is 0 Å². The predicted molar refractivity (Wildman–Crippen MR) is 63.8 cm³/mol. The van der Waals surface area contributed by atoms with Crippen molar-refractivity contribution in [1.82, 2.24) is 0 Å². The van der Waals surface area contributed by atoms with Crippen molar-refractivity contribution in [3.63, 3.8) is 0 Å². The Morgan fingerprint density at radius 1 is 1.29 bits per heavy atom. The molecular weight excluding hydrogens is 220 g/mol. The minimum Gasteiger partial charge on any atom is -0.479 e. The smallest absolute Gasteiger partial charge is 0.347 e. The lowest BCUT2D eigenvalue weighted by molar-refractivity contribution is -0.150. The number of hydrogen-bond acceptors (Lipinski definition) is 4. The monoisotopic (exact) mass is 238 g/mol. The van der Waals surface area contributed by atoms with E-state index in [-0.39, 0.29) is 5.97 Å². The van der Waals surface area contributed by atoms with Crippen molar-refractivity contribution in [2.45, 2.75) is 33.0 Å². The van der Waals surface area contributed by atoms with Crippen molar-refractivity contribution in [3.8, 4) is 5.75 Å². The van der Waals surface area contributed by atoms with Gasteiger partial charge in [-0.25, -0.2) is 4.79 Å². The molecule has 17 heavy (non-hydrogen) atoms. The number of esters is 1. The Morgan fingerprint density at radius 3 is 2.35 bits per heavy atom. The van der Waals surface area contributed by atoms with Crippen LogP contribution in [0.15, 0.2) is 24.3 Å². The first-order chi connectivity index (χ1) is 8.04. The topological polar surface area (TPSA) is 55.8 Å². The molecule has 0 amide bonds. The van der Waals surface area contributed by atoms with E-state index in [1.54, 1.807) is 45.0 Å². The van der Waals surface area contributed by atoms with Gasteiger partial charge in [-0.1, -0.05) is 12.1 Å². The maximum absolute atomic E-state index is 11.3. The summed E-state index contributed by atoms with van der Waals surface area (Å²) in [6.45, 7) is 5.42. The highest BCUT2D eigenvalue weighted by molar-refractivity contribution is 5.74. The van der Waals surface area contributed by atoms with E-state index in [0.717, 1.165) is 5.56 Å². The molecule has 1 rings (SSSR count). The minimum atomic E-state index is -0.632. The molecule has 0 radical (unpaired) electrons. The Hall–Kier alpha value is -1.55. The summed E-state index contributed by atoms with van der Waals surface area (Å²) in [7, 11) is 0. The maximum Gasteiger partial charge on any atom is 0.347 e. The normalized spacial score (nSPS) is 13.9. The number of benzene rings is 1. The van der Waals surface area contributed by atoms with Crippen molar-refractivity contribution in [2.24, 2.45) is 0 Å². The lowest BCUT2D eigenvalue weighted by atomic mass is 10.1. The van der Waals surface area contributed by atoms with Crippen molar-refractivity contribution >= 4 is 5.97 Å². The molecule has 0 spiro atoms. The van der Waals surface area contributed by atoms with Crippen LogP contribution in [0, 0.1) is 0 Å². The van der Waals surface area contributed by atoms with Crippen LogP contribution < -0.4 is 4.74 Å². The van der Waals surface area contributed by atoms with Crippen LogP contribution >= 0.6 is 0 Å². The van der Waals surface area contributed by atoms with Crippen LogP contribution in [-0.4, -0.2) is 23.8 Å². The van der Waals surface area contributed by atoms with Crippen molar-refractivity contribution < 1.29 is 19.4 Å². The fourth-order valence-corrected chi connectivity index (χ4v) is 1.34. The fourth-order valence-electron chi connectivity index (χ4n) is 1.34. The molecule has 0 saturated carbocycles. The van der Waals surface area contributed by atoms with Gasteiger partial charge in [0.1, 0.15) is 5.75 Å². The zero-order valence-electron chi connectivity index (χ0n) is 10.3. The van der Waals surface area contributed by atoms with E-state index < -0.39 is 12.2 Å². The third-order valence-corrected chi connectivity index (χ3v) is 2.29. The molecule has 0 heterocycles. The third-order valence-electron chi connectivity index (χ3n) is 2.29. The first kappa shape index (κ1) is 13.5. The van der Waals surface area contributed by atoms with Crippen LogP contribution in [0.3, 0.4) is 0 Å².